The van der Waals surface area contributed by atoms with Crippen LogP contribution in [0.5, 0.6) is 0 Å². The molecule has 28 heavy (non-hydrogen) atoms. The highest BCUT2D eigenvalue weighted by Crippen LogP contribution is 2.28. The highest BCUT2D eigenvalue weighted by atomic mass is 19.1. The second-order valence-corrected chi connectivity index (χ2v) is 6.81. The van der Waals surface area contributed by atoms with E-state index in [1.165, 1.54) is 12.1 Å². The second kappa shape index (κ2) is 8.17. The third-order valence-corrected chi connectivity index (χ3v) is 4.92. The van der Waals surface area contributed by atoms with Gasteiger partial charge in [-0.15, -0.1) is 0 Å². The van der Waals surface area contributed by atoms with Gasteiger partial charge >= 0.3 is 0 Å². The van der Waals surface area contributed by atoms with Crippen molar-refractivity contribution in [3.63, 3.8) is 0 Å². The molecule has 0 spiro atoms. The van der Waals surface area contributed by atoms with Gasteiger partial charge in [-0.2, -0.15) is 4.98 Å². The number of rotatable bonds is 4. The first kappa shape index (κ1) is 18.1. The van der Waals surface area contributed by atoms with Crippen LogP contribution in [0.3, 0.4) is 0 Å². The van der Waals surface area contributed by atoms with E-state index in [0.29, 0.717) is 24.8 Å². The second-order valence-electron chi connectivity index (χ2n) is 6.81. The van der Waals surface area contributed by atoms with Gasteiger partial charge < -0.3 is 9.42 Å². The summed E-state index contributed by atoms with van der Waals surface area (Å²) in [5, 5.41) is 4.01. The molecular weight excluding hydrogens is 357 g/mol. The lowest BCUT2D eigenvalue weighted by Crippen LogP contribution is -2.36. The fraction of sp³-hybridized carbons (Fsp3) is 0.227. The summed E-state index contributed by atoms with van der Waals surface area (Å²) < 4.78 is 18.5. The molecule has 1 amide bonds. The summed E-state index contributed by atoms with van der Waals surface area (Å²) in [6.45, 7) is 1.30. The minimum absolute atomic E-state index is 0.0137. The topological polar surface area (TPSA) is 59.2 Å². The fourth-order valence-electron chi connectivity index (χ4n) is 3.30. The monoisotopic (exact) mass is 377 g/mol. The SMILES string of the molecule is O=C(C=Cc1ccccc1)N1CCC(c2nc(-c3ccc(F)cc3)no2)CC1. The summed E-state index contributed by atoms with van der Waals surface area (Å²) in [5.41, 5.74) is 1.72. The van der Waals surface area contributed by atoms with Crippen molar-refractivity contribution in [2.24, 2.45) is 0 Å². The first-order valence-electron chi connectivity index (χ1n) is 9.30. The Morgan fingerprint density at radius 1 is 1.07 bits per heavy atom. The average Bonchev–Trinajstić information content (AvgIpc) is 3.24. The van der Waals surface area contributed by atoms with Crippen LogP contribution in [0.4, 0.5) is 4.39 Å². The number of benzene rings is 2. The Morgan fingerprint density at radius 3 is 2.50 bits per heavy atom. The summed E-state index contributed by atoms with van der Waals surface area (Å²) in [7, 11) is 0. The van der Waals surface area contributed by atoms with E-state index < -0.39 is 0 Å². The Labute approximate surface area is 162 Å². The van der Waals surface area contributed by atoms with Crippen molar-refractivity contribution >= 4 is 12.0 Å². The zero-order valence-electron chi connectivity index (χ0n) is 15.3. The third kappa shape index (κ3) is 4.17. The number of nitrogens with zero attached hydrogens (tertiary/aromatic N) is 3. The first-order chi connectivity index (χ1) is 13.7. The standard InChI is InChI=1S/C22H20FN3O2/c23-19-9-7-17(8-10-19)21-24-22(28-25-21)18-12-14-26(15-13-18)20(27)11-6-16-4-2-1-3-5-16/h1-11,18H,12-15H2. The summed E-state index contributed by atoms with van der Waals surface area (Å²) in [4.78, 5) is 18.7. The summed E-state index contributed by atoms with van der Waals surface area (Å²) in [6, 6.07) is 15.8. The molecule has 6 heteroatoms. The van der Waals surface area contributed by atoms with Gasteiger partial charge in [0, 0.05) is 30.6 Å². The van der Waals surface area contributed by atoms with Crippen molar-refractivity contribution in [1.82, 2.24) is 15.0 Å². The van der Waals surface area contributed by atoms with E-state index in [1.54, 1.807) is 18.2 Å². The van der Waals surface area contributed by atoms with E-state index in [-0.39, 0.29) is 17.6 Å². The summed E-state index contributed by atoms with van der Waals surface area (Å²) in [5.74, 6) is 0.875. The zero-order chi connectivity index (χ0) is 19.3. The van der Waals surface area contributed by atoms with Crippen molar-refractivity contribution < 1.29 is 13.7 Å². The minimum Gasteiger partial charge on any atom is -0.339 e. The van der Waals surface area contributed by atoms with E-state index in [2.05, 4.69) is 10.1 Å². The first-order valence-corrected chi connectivity index (χ1v) is 9.30. The quantitative estimate of drug-likeness (QED) is 0.636. The molecule has 3 aromatic rings. The van der Waals surface area contributed by atoms with Crippen LogP contribution in [0, 0.1) is 5.82 Å². The lowest BCUT2D eigenvalue weighted by molar-refractivity contribution is -0.127. The Balaban J connectivity index is 1.35. The Hall–Kier alpha value is -3.28. The largest absolute Gasteiger partial charge is 0.339 e. The number of carbonyl (C=O) groups is 1. The summed E-state index contributed by atoms with van der Waals surface area (Å²) in [6.07, 6.45) is 5.00. The molecule has 142 valence electrons. The molecule has 1 aliphatic heterocycles. The van der Waals surface area contributed by atoms with Crippen LogP contribution in [0.25, 0.3) is 17.5 Å². The van der Waals surface area contributed by atoms with Crippen molar-refractivity contribution in [3.8, 4) is 11.4 Å². The molecule has 4 rings (SSSR count). The molecule has 0 atom stereocenters. The van der Waals surface area contributed by atoms with Gasteiger partial charge in [-0.3, -0.25) is 4.79 Å². The maximum Gasteiger partial charge on any atom is 0.246 e. The molecule has 0 bridgehead atoms. The van der Waals surface area contributed by atoms with Crippen LogP contribution >= 0.6 is 0 Å². The van der Waals surface area contributed by atoms with Crippen LogP contribution in [0.15, 0.2) is 65.2 Å². The van der Waals surface area contributed by atoms with Crippen molar-refractivity contribution in [3.05, 3.63) is 77.9 Å². The van der Waals surface area contributed by atoms with Crippen molar-refractivity contribution in [2.45, 2.75) is 18.8 Å². The molecule has 1 fully saturated rings. The molecule has 0 unspecified atom stereocenters. The average molecular weight is 377 g/mol. The smallest absolute Gasteiger partial charge is 0.246 e. The minimum atomic E-state index is -0.300. The van der Waals surface area contributed by atoms with Gasteiger partial charge in [0.25, 0.3) is 0 Å². The van der Waals surface area contributed by atoms with Gasteiger partial charge in [0.15, 0.2) is 0 Å². The summed E-state index contributed by atoms with van der Waals surface area (Å²) >= 11 is 0. The lowest BCUT2D eigenvalue weighted by Gasteiger charge is -2.29. The van der Waals surface area contributed by atoms with Crippen molar-refractivity contribution in [2.75, 3.05) is 13.1 Å². The molecule has 1 saturated heterocycles. The molecule has 1 aromatic heterocycles. The van der Waals surface area contributed by atoms with Crippen LogP contribution in [0.1, 0.15) is 30.2 Å². The molecular formula is C22H20FN3O2. The van der Waals surface area contributed by atoms with Crippen LogP contribution < -0.4 is 0 Å². The molecule has 0 radical (unpaired) electrons. The lowest BCUT2D eigenvalue weighted by atomic mass is 9.96. The van der Waals surface area contributed by atoms with Crippen LogP contribution in [-0.4, -0.2) is 34.0 Å². The van der Waals surface area contributed by atoms with Crippen LogP contribution in [0.2, 0.25) is 0 Å². The number of hydrogen-bond acceptors (Lipinski definition) is 4. The van der Waals surface area contributed by atoms with E-state index in [9.17, 15) is 9.18 Å². The van der Waals surface area contributed by atoms with E-state index in [1.807, 2.05) is 41.3 Å². The number of halogens is 1. The highest BCUT2D eigenvalue weighted by Gasteiger charge is 2.27. The number of likely N-dealkylation sites (tertiary alicyclic amines) is 1. The Bertz CT molecular complexity index is 959. The van der Waals surface area contributed by atoms with Gasteiger partial charge in [-0.1, -0.05) is 35.5 Å². The maximum absolute atomic E-state index is 13.1. The fourth-order valence-corrected chi connectivity index (χ4v) is 3.30. The molecule has 1 aliphatic rings. The number of aromatic nitrogens is 2. The van der Waals surface area contributed by atoms with Gasteiger partial charge in [0.1, 0.15) is 5.82 Å². The highest BCUT2D eigenvalue weighted by molar-refractivity contribution is 5.91. The molecule has 2 aromatic carbocycles. The van der Waals surface area contributed by atoms with Gasteiger partial charge in [0.2, 0.25) is 17.6 Å². The normalized spacial score (nSPS) is 15.2. The predicted octanol–water partition coefficient (Wildman–Crippen LogP) is 4.30. The van der Waals surface area contributed by atoms with E-state index in [0.717, 1.165) is 24.0 Å². The Morgan fingerprint density at radius 2 is 1.79 bits per heavy atom. The number of amides is 1. The molecule has 2 heterocycles. The number of carbonyl (C=O) groups excluding carboxylic acids is 1. The maximum atomic E-state index is 13.1. The zero-order valence-corrected chi connectivity index (χ0v) is 15.3. The van der Waals surface area contributed by atoms with Crippen LogP contribution in [-0.2, 0) is 4.79 Å². The predicted molar refractivity (Wildman–Crippen MR) is 104 cm³/mol. The van der Waals surface area contributed by atoms with E-state index in [4.69, 9.17) is 4.52 Å². The molecule has 0 saturated carbocycles. The number of piperidine rings is 1. The van der Waals surface area contributed by atoms with Gasteiger partial charge in [0.05, 0.1) is 0 Å². The number of hydrogen-bond donors (Lipinski definition) is 0. The van der Waals surface area contributed by atoms with Gasteiger partial charge in [-0.05, 0) is 48.7 Å². The van der Waals surface area contributed by atoms with Crippen molar-refractivity contribution in [1.29, 1.82) is 0 Å². The van der Waals surface area contributed by atoms with Gasteiger partial charge in [-0.25, -0.2) is 4.39 Å². The van der Waals surface area contributed by atoms with E-state index >= 15 is 0 Å². The molecule has 0 N–H and O–H groups in total. The molecule has 0 aliphatic carbocycles. The third-order valence-electron chi connectivity index (χ3n) is 4.92. The molecule has 5 nitrogen and oxygen atoms in total. The Kier molecular flexibility index (Phi) is 5.28.